The first-order valence-corrected chi connectivity index (χ1v) is 10.6. The van der Waals surface area contributed by atoms with Crippen molar-refractivity contribution in [3.63, 3.8) is 0 Å². The Morgan fingerprint density at radius 2 is 1.88 bits per heavy atom. The molecule has 0 aliphatic heterocycles. The first-order chi connectivity index (χ1) is 15.7. The Bertz CT molecular complexity index is 1320. The van der Waals surface area contributed by atoms with Gasteiger partial charge in [-0.1, -0.05) is 42.3 Å². The van der Waals surface area contributed by atoms with Gasteiger partial charge in [0.15, 0.2) is 0 Å². The van der Waals surface area contributed by atoms with E-state index in [1.165, 1.54) is 0 Å². The SMILES string of the molecule is O=C(NO)C(Cc1ccccc1)n1nc2ccc(-c3ccncc3)cc2c1C#CC1CC1. The monoisotopic (exact) mass is 422 g/mol. The highest BCUT2D eigenvalue weighted by Gasteiger charge is 2.26. The van der Waals surface area contributed by atoms with Gasteiger partial charge in [-0.25, -0.2) is 10.2 Å². The number of benzene rings is 2. The predicted octanol–water partition coefficient (Wildman–Crippen LogP) is 4.15. The molecule has 5 rings (SSSR count). The van der Waals surface area contributed by atoms with Crippen molar-refractivity contribution < 1.29 is 10.0 Å². The van der Waals surface area contributed by atoms with Crippen LogP contribution in [0.25, 0.3) is 22.0 Å². The number of nitrogens with zero attached hydrogens (tertiary/aromatic N) is 3. The van der Waals surface area contributed by atoms with Crippen LogP contribution < -0.4 is 5.48 Å². The fraction of sp³-hybridized carbons (Fsp3) is 0.192. The number of carbonyl (C=O) groups excluding carboxylic acids is 1. The number of nitrogens with one attached hydrogen (secondary N) is 1. The zero-order valence-corrected chi connectivity index (χ0v) is 17.4. The van der Waals surface area contributed by atoms with Crippen molar-refractivity contribution in [2.45, 2.75) is 25.3 Å². The molecule has 0 bridgehead atoms. The standard InChI is InChI=1S/C26H22N4O2/c31-26(29-32)25(16-19-4-2-1-3-5-19)30-24(11-8-18-6-7-18)22-17-21(9-10-23(22)28-30)20-12-14-27-15-13-20/h1-5,9-10,12-15,17-18,25,32H,6-7,16H2,(H,29,31). The van der Waals surface area contributed by atoms with E-state index in [1.54, 1.807) is 17.1 Å². The van der Waals surface area contributed by atoms with E-state index in [4.69, 9.17) is 5.10 Å². The quantitative estimate of drug-likeness (QED) is 0.288. The van der Waals surface area contributed by atoms with Gasteiger partial charge in [0.25, 0.3) is 5.91 Å². The maximum Gasteiger partial charge on any atom is 0.268 e. The largest absolute Gasteiger partial charge is 0.289 e. The topological polar surface area (TPSA) is 80.0 Å². The fourth-order valence-corrected chi connectivity index (χ4v) is 3.78. The van der Waals surface area contributed by atoms with Gasteiger partial charge >= 0.3 is 0 Å². The molecule has 0 spiro atoms. The van der Waals surface area contributed by atoms with Crippen LogP contribution >= 0.6 is 0 Å². The molecular weight excluding hydrogens is 400 g/mol. The molecule has 32 heavy (non-hydrogen) atoms. The molecule has 158 valence electrons. The van der Waals surface area contributed by atoms with Crippen LogP contribution in [0.4, 0.5) is 0 Å². The van der Waals surface area contributed by atoms with Gasteiger partial charge < -0.3 is 0 Å². The zero-order valence-electron chi connectivity index (χ0n) is 17.4. The third-order valence-corrected chi connectivity index (χ3v) is 5.66. The second-order valence-electron chi connectivity index (χ2n) is 7.99. The summed E-state index contributed by atoms with van der Waals surface area (Å²) in [7, 11) is 0. The number of hydrogen-bond donors (Lipinski definition) is 2. The normalized spacial score (nSPS) is 13.9. The van der Waals surface area contributed by atoms with Crippen molar-refractivity contribution in [1.29, 1.82) is 0 Å². The maximum atomic E-state index is 12.7. The summed E-state index contributed by atoms with van der Waals surface area (Å²) in [6.07, 6.45) is 6.12. The third kappa shape index (κ3) is 4.11. The van der Waals surface area contributed by atoms with E-state index in [2.05, 4.69) is 22.9 Å². The van der Waals surface area contributed by atoms with Crippen LogP contribution in [0.15, 0.2) is 73.1 Å². The van der Waals surface area contributed by atoms with Gasteiger partial charge in [0.2, 0.25) is 0 Å². The molecule has 1 aliphatic rings. The Labute approximate surface area is 185 Å². The van der Waals surface area contributed by atoms with Gasteiger partial charge in [0.1, 0.15) is 11.7 Å². The van der Waals surface area contributed by atoms with E-state index in [9.17, 15) is 10.0 Å². The van der Waals surface area contributed by atoms with Crippen LogP contribution in [0.2, 0.25) is 0 Å². The molecule has 0 saturated heterocycles. The van der Waals surface area contributed by atoms with Crippen LogP contribution in [-0.2, 0) is 11.2 Å². The molecule has 0 radical (unpaired) electrons. The van der Waals surface area contributed by atoms with E-state index in [-0.39, 0.29) is 0 Å². The molecule has 1 atom stereocenters. The smallest absolute Gasteiger partial charge is 0.268 e. The number of pyridine rings is 1. The van der Waals surface area contributed by atoms with E-state index >= 15 is 0 Å². The first kappa shape index (κ1) is 20.0. The van der Waals surface area contributed by atoms with Crippen molar-refractivity contribution in [1.82, 2.24) is 20.2 Å². The second-order valence-corrected chi connectivity index (χ2v) is 7.99. The Morgan fingerprint density at radius 1 is 1.09 bits per heavy atom. The Balaban J connectivity index is 1.65. The third-order valence-electron chi connectivity index (χ3n) is 5.66. The summed E-state index contributed by atoms with van der Waals surface area (Å²) >= 11 is 0. The van der Waals surface area contributed by atoms with Gasteiger partial charge in [-0.15, -0.1) is 0 Å². The Hall–Kier alpha value is -3.95. The molecule has 1 unspecified atom stereocenters. The lowest BCUT2D eigenvalue weighted by Gasteiger charge is -2.17. The van der Waals surface area contributed by atoms with Crippen LogP contribution in [0, 0.1) is 17.8 Å². The summed E-state index contributed by atoms with van der Waals surface area (Å²) < 4.78 is 1.66. The molecule has 1 saturated carbocycles. The number of hydroxylamine groups is 1. The molecule has 6 heteroatoms. The highest BCUT2D eigenvalue weighted by Crippen LogP contribution is 2.30. The average Bonchev–Trinajstić information content (AvgIpc) is 3.61. The number of hydrogen-bond acceptors (Lipinski definition) is 4. The number of rotatable bonds is 5. The van der Waals surface area contributed by atoms with Gasteiger partial charge in [-0.3, -0.25) is 15.0 Å². The Morgan fingerprint density at radius 3 is 2.59 bits per heavy atom. The average molecular weight is 422 g/mol. The van der Waals surface area contributed by atoms with E-state index in [1.807, 2.05) is 60.1 Å². The lowest BCUT2D eigenvalue weighted by atomic mass is 10.0. The van der Waals surface area contributed by atoms with Crippen molar-refractivity contribution in [2.24, 2.45) is 5.92 Å². The molecule has 1 aliphatic carbocycles. The lowest BCUT2D eigenvalue weighted by Crippen LogP contribution is -2.33. The zero-order chi connectivity index (χ0) is 21.9. The van der Waals surface area contributed by atoms with E-state index in [0.29, 0.717) is 18.0 Å². The molecule has 2 aromatic carbocycles. The molecule has 2 N–H and O–H groups in total. The highest BCUT2D eigenvalue weighted by atomic mass is 16.5. The van der Waals surface area contributed by atoms with E-state index < -0.39 is 11.9 Å². The summed E-state index contributed by atoms with van der Waals surface area (Å²) in [6.45, 7) is 0. The minimum atomic E-state index is -0.734. The summed E-state index contributed by atoms with van der Waals surface area (Å²) in [5, 5.41) is 15.1. The van der Waals surface area contributed by atoms with Crippen LogP contribution in [0.1, 0.15) is 30.1 Å². The first-order valence-electron chi connectivity index (χ1n) is 10.6. The van der Waals surface area contributed by atoms with Crippen LogP contribution in [-0.4, -0.2) is 25.9 Å². The van der Waals surface area contributed by atoms with Gasteiger partial charge in [-0.2, -0.15) is 5.10 Å². The van der Waals surface area contributed by atoms with Crippen LogP contribution in [0.5, 0.6) is 0 Å². The molecule has 2 heterocycles. The number of fused-ring (bicyclic) bond motifs is 1. The van der Waals surface area contributed by atoms with Gasteiger partial charge in [-0.05, 0) is 59.7 Å². The predicted molar refractivity (Wildman–Crippen MR) is 122 cm³/mol. The summed E-state index contributed by atoms with van der Waals surface area (Å²) in [5.74, 6) is 6.49. The highest BCUT2D eigenvalue weighted by molar-refractivity contribution is 5.90. The Kier molecular flexibility index (Phi) is 5.40. The molecule has 4 aromatic rings. The fourth-order valence-electron chi connectivity index (χ4n) is 3.78. The van der Waals surface area contributed by atoms with Crippen molar-refractivity contribution in [3.05, 3.63) is 84.3 Å². The van der Waals surface area contributed by atoms with Crippen molar-refractivity contribution in [2.75, 3.05) is 0 Å². The molecule has 2 aromatic heterocycles. The maximum absolute atomic E-state index is 12.7. The summed E-state index contributed by atoms with van der Waals surface area (Å²) in [5.41, 5.74) is 6.30. The molecule has 1 amide bonds. The van der Waals surface area contributed by atoms with Crippen LogP contribution in [0.3, 0.4) is 0 Å². The second kappa shape index (κ2) is 8.66. The molecule has 1 fully saturated rings. The number of aromatic nitrogens is 3. The van der Waals surface area contributed by atoms with Crippen molar-refractivity contribution >= 4 is 16.8 Å². The lowest BCUT2D eigenvalue weighted by molar-refractivity contribution is -0.132. The molecule has 6 nitrogen and oxygen atoms in total. The van der Waals surface area contributed by atoms with Crippen molar-refractivity contribution in [3.8, 4) is 23.0 Å². The summed E-state index contributed by atoms with van der Waals surface area (Å²) in [4.78, 5) is 16.8. The van der Waals surface area contributed by atoms with E-state index in [0.717, 1.165) is 40.4 Å². The van der Waals surface area contributed by atoms with Gasteiger partial charge in [0, 0.05) is 30.1 Å². The summed E-state index contributed by atoms with van der Waals surface area (Å²) in [6, 6.07) is 18.9. The van der Waals surface area contributed by atoms with Gasteiger partial charge in [0.05, 0.1) is 5.52 Å². The number of amides is 1. The molecular formula is C26H22N4O2. The number of carbonyl (C=O) groups is 1. The minimum Gasteiger partial charge on any atom is -0.289 e. The minimum absolute atomic E-state index is 0.385.